The van der Waals surface area contributed by atoms with Crippen molar-refractivity contribution in [3.8, 4) is 0 Å². The summed E-state index contributed by atoms with van der Waals surface area (Å²) in [5.74, 6) is 10.2. The van der Waals surface area contributed by atoms with E-state index in [0.29, 0.717) is 11.7 Å². The number of nitrogens with zero attached hydrogens (tertiary/aromatic N) is 2. The molecular weight excluding hydrogens is 250 g/mol. The van der Waals surface area contributed by atoms with Crippen LogP contribution in [0.2, 0.25) is 0 Å². The maximum absolute atomic E-state index is 5.50. The van der Waals surface area contributed by atoms with Crippen LogP contribution in [0.15, 0.2) is 6.07 Å². The predicted octanol–water partition coefficient (Wildman–Crippen LogP) is 2.88. The lowest BCUT2D eigenvalue weighted by molar-refractivity contribution is 0.293. The lowest BCUT2D eigenvalue weighted by Crippen LogP contribution is -2.22. The van der Waals surface area contributed by atoms with Gasteiger partial charge in [0.25, 0.3) is 0 Å². The van der Waals surface area contributed by atoms with Crippen LogP contribution >= 0.6 is 0 Å². The average molecular weight is 275 g/mol. The molecule has 4 N–H and O–H groups in total. The predicted molar refractivity (Wildman–Crippen MR) is 81.4 cm³/mol. The summed E-state index contributed by atoms with van der Waals surface area (Å²) in [7, 11) is 0. The van der Waals surface area contributed by atoms with Crippen LogP contribution in [0.5, 0.6) is 0 Å². The van der Waals surface area contributed by atoms with Crippen molar-refractivity contribution in [2.45, 2.75) is 51.4 Å². The largest absolute Gasteiger partial charge is 0.370 e. The normalized spacial score (nSPS) is 26.3. The molecule has 2 saturated carbocycles. The highest BCUT2D eigenvalue weighted by Gasteiger charge is 2.27. The van der Waals surface area contributed by atoms with E-state index in [0.717, 1.165) is 30.0 Å². The van der Waals surface area contributed by atoms with Gasteiger partial charge in [-0.2, -0.15) is 0 Å². The molecule has 5 heteroatoms. The molecular formula is C15H25N5. The first-order chi connectivity index (χ1) is 9.74. The summed E-state index contributed by atoms with van der Waals surface area (Å²) in [4.78, 5) is 9.06. The van der Waals surface area contributed by atoms with E-state index in [-0.39, 0.29) is 0 Å². The van der Waals surface area contributed by atoms with Crippen LogP contribution in [-0.2, 0) is 0 Å². The fourth-order valence-electron chi connectivity index (χ4n) is 3.15. The van der Waals surface area contributed by atoms with Gasteiger partial charge in [0.05, 0.1) is 0 Å². The highest BCUT2D eigenvalue weighted by molar-refractivity contribution is 5.47. The van der Waals surface area contributed by atoms with E-state index in [9.17, 15) is 0 Å². The minimum Gasteiger partial charge on any atom is -0.370 e. The lowest BCUT2D eigenvalue weighted by atomic mass is 9.82. The summed E-state index contributed by atoms with van der Waals surface area (Å²) in [6, 6.07) is 1.90. The van der Waals surface area contributed by atoms with Gasteiger partial charge < -0.3 is 10.7 Å². The van der Waals surface area contributed by atoms with Gasteiger partial charge in [0.15, 0.2) is 0 Å². The van der Waals surface area contributed by atoms with Crippen molar-refractivity contribution < 1.29 is 0 Å². The number of nitrogens with one attached hydrogen (secondary N) is 2. The molecule has 0 saturated heterocycles. The molecule has 0 bridgehead atoms. The first-order valence-corrected chi connectivity index (χ1v) is 7.84. The SMILES string of the molecule is CC1CCCC(CNc2cc(NN)nc(C3CC3)n2)C1. The van der Waals surface area contributed by atoms with E-state index in [1.165, 1.54) is 38.5 Å². The average Bonchev–Trinajstić information content (AvgIpc) is 3.29. The summed E-state index contributed by atoms with van der Waals surface area (Å²) in [6.45, 7) is 3.37. The van der Waals surface area contributed by atoms with Crippen molar-refractivity contribution in [2.75, 3.05) is 17.3 Å². The summed E-state index contributed by atoms with van der Waals surface area (Å²) in [5, 5.41) is 3.49. The third-order valence-corrected chi connectivity index (χ3v) is 4.45. The van der Waals surface area contributed by atoms with Crippen LogP contribution in [0.3, 0.4) is 0 Å². The minimum atomic E-state index is 0.540. The second-order valence-corrected chi connectivity index (χ2v) is 6.43. The Morgan fingerprint density at radius 3 is 2.70 bits per heavy atom. The molecule has 2 unspecified atom stereocenters. The monoisotopic (exact) mass is 275 g/mol. The van der Waals surface area contributed by atoms with Crippen LogP contribution in [0, 0.1) is 11.8 Å². The molecule has 0 radical (unpaired) electrons. The molecule has 0 amide bonds. The number of hydrogen-bond donors (Lipinski definition) is 3. The van der Waals surface area contributed by atoms with Gasteiger partial charge in [-0.25, -0.2) is 15.8 Å². The number of nitrogen functional groups attached to an aromatic ring is 1. The number of hydrogen-bond acceptors (Lipinski definition) is 5. The molecule has 0 aliphatic heterocycles. The van der Waals surface area contributed by atoms with Crippen LogP contribution in [-0.4, -0.2) is 16.5 Å². The fourth-order valence-corrected chi connectivity index (χ4v) is 3.15. The zero-order valence-corrected chi connectivity index (χ0v) is 12.2. The van der Waals surface area contributed by atoms with Gasteiger partial charge in [-0.05, 0) is 37.5 Å². The molecule has 2 aliphatic carbocycles. The molecule has 2 atom stereocenters. The lowest BCUT2D eigenvalue weighted by Gasteiger charge is -2.27. The first-order valence-electron chi connectivity index (χ1n) is 7.84. The zero-order chi connectivity index (χ0) is 13.9. The Balaban J connectivity index is 1.62. The Kier molecular flexibility index (Phi) is 4.05. The van der Waals surface area contributed by atoms with E-state index in [2.05, 4.69) is 27.6 Å². The Morgan fingerprint density at radius 2 is 2.00 bits per heavy atom. The molecule has 110 valence electrons. The molecule has 1 aromatic rings. The number of anilines is 2. The van der Waals surface area contributed by atoms with E-state index >= 15 is 0 Å². The van der Waals surface area contributed by atoms with Crippen LogP contribution in [0.25, 0.3) is 0 Å². The zero-order valence-electron chi connectivity index (χ0n) is 12.2. The van der Waals surface area contributed by atoms with E-state index in [1.807, 2.05) is 6.07 Å². The van der Waals surface area contributed by atoms with E-state index < -0.39 is 0 Å². The number of rotatable bonds is 5. The molecule has 5 nitrogen and oxygen atoms in total. The smallest absolute Gasteiger partial charge is 0.145 e. The van der Waals surface area contributed by atoms with Crippen molar-refractivity contribution >= 4 is 11.6 Å². The second kappa shape index (κ2) is 5.95. The number of aromatic nitrogens is 2. The van der Waals surface area contributed by atoms with Crippen molar-refractivity contribution in [1.29, 1.82) is 0 Å². The van der Waals surface area contributed by atoms with Gasteiger partial charge in [0.1, 0.15) is 17.5 Å². The Morgan fingerprint density at radius 1 is 1.20 bits per heavy atom. The van der Waals surface area contributed by atoms with Gasteiger partial charge in [-0.1, -0.05) is 19.8 Å². The Labute approximate surface area is 120 Å². The third kappa shape index (κ3) is 3.39. The standard InChI is InChI=1S/C15H25N5/c1-10-3-2-4-11(7-10)9-17-13-8-14(20-16)19-15(18-13)12-5-6-12/h8,10-12H,2-7,9,16H2,1H3,(H2,17,18,19,20). The Hall–Kier alpha value is -1.36. The highest BCUT2D eigenvalue weighted by Crippen LogP contribution is 2.38. The van der Waals surface area contributed by atoms with Crippen LogP contribution < -0.4 is 16.6 Å². The van der Waals surface area contributed by atoms with E-state index in [4.69, 9.17) is 5.84 Å². The molecule has 2 aliphatic rings. The molecule has 3 rings (SSSR count). The van der Waals surface area contributed by atoms with Crippen molar-refractivity contribution in [1.82, 2.24) is 9.97 Å². The summed E-state index contributed by atoms with van der Waals surface area (Å²) >= 11 is 0. The van der Waals surface area contributed by atoms with Crippen LogP contribution in [0.4, 0.5) is 11.6 Å². The van der Waals surface area contributed by atoms with Gasteiger partial charge in [0.2, 0.25) is 0 Å². The molecule has 1 aromatic heterocycles. The van der Waals surface area contributed by atoms with Gasteiger partial charge >= 0.3 is 0 Å². The number of hydrazine groups is 1. The second-order valence-electron chi connectivity index (χ2n) is 6.43. The minimum absolute atomic E-state index is 0.540. The maximum atomic E-state index is 5.50. The highest BCUT2D eigenvalue weighted by atomic mass is 15.3. The summed E-state index contributed by atoms with van der Waals surface area (Å²) in [5.41, 5.74) is 2.64. The number of nitrogens with two attached hydrogens (primary N) is 1. The summed E-state index contributed by atoms with van der Waals surface area (Å²) in [6.07, 6.45) is 7.81. The molecule has 20 heavy (non-hydrogen) atoms. The van der Waals surface area contributed by atoms with Gasteiger partial charge in [0, 0.05) is 18.5 Å². The van der Waals surface area contributed by atoms with Crippen molar-refractivity contribution in [3.05, 3.63) is 11.9 Å². The maximum Gasteiger partial charge on any atom is 0.145 e. The van der Waals surface area contributed by atoms with Crippen LogP contribution in [0.1, 0.15) is 57.2 Å². The third-order valence-electron chi connectivity index (χ3n) is 4.45. The van der Waals surface area contributed by atoms with Crippen molar-refractivity contribution in [2.24, 2.45) is 17.7 Å². The fraction of sp³-hybridized carbons (Fsp3) is 0.733. The molecule has 0 aromatic carbocycles. The van der Waals surface area contributed by atoms with Crippen molar-refractivity contribution in [3.63, 3.8) is 0 Å². The molecule has 1 heterocycles. The summed E-state index contributed by atoms with van der Waals surface area (Å²) < 4.78 is 0. The molecule has 2 fully saturated rings. The topological polar surface area (TPSA) is 75.9 Å². The van der Waals surface area contributed by atoms with Gasteiger partial charge in [-0.15, -0.1) is 0 Å². The molecule has 0 spiro atoms. The Bertz CT molecular complexity index is 458. The quantitative estimate of drug-likeness (QED) is 0.569. The van der Waals surface area contributed by atoms with Gasteiger partial charge in [-0.3, -0.25) is 0 Å². The van der Waals surface area contributed by atoms with E-state index in [1.54, 1.807) is 0 Å². The first kappa shape index (κ1) is 13.6.